The quantitative estimate of drug-likeness (QED) is 0.490. The summed E-state index contributed by atoms with van der Waals surface area (Å²) in [5, 5.41) is 8.03. The van der Waals surface area contributed by atoms with Gasteiger partial charge in [-0.25, -0.2) is 0 Å². The van der Waals surface area contributed by atoms with E-state index in [9.17, 15) is 4.79 Å². The van der Waals surface area contributed by atoms with E-state index in [2.05, 4.69) is 31.1 Å². The van der Waals surface area contributed by atoms with Gasteiger partial charge in [-0.2, -0.15) is 0 Å². The first-order valence-corrected chi connectivity index (χ1v) is 9.77. The van der Waals surface area contributed by atoms with Crippen LogP contribution in [-0.4, -0.2) is 30.4 Å². The van der Waals surface area contributed by atoms with Crippen molar-refractivity contribution in [3.63, 3.8) is 0 Å². The summed E-state index contributed by atoms with van der Waals surface area (Å²) in [6.07, 6.45) is 6.02. The second kappa shape index (κ2) is 6.83. The zero-order valence-electron chi connectivity index (χ0n) is 14.9. The Hall–Kier alpha value is -3.06. The summed E-state index contributed by atoms with van der Waals surface area (Å²) in [6, 6.07) is 15.6. The third-order valence-electron chi connectivity index (χ3n) is 5.13. The molecular formula is C21H16BrN5O. The van der Waals surface area contributed by atoms with Gasteiger partial charge in [0, 0.05) is 35.4 Å². The van der Waals surface area contributed by atoms with E-state index in [1.54, 1.807) is 12.5 Å². The molecular weight excluding hydrogens is 418 g/mol. The molecule has 1 aliphatic heterocycles. The normalized spacial score (nSPS) is 16.0. The average Bonchev–Trinajstić information content (AvgIpc) is 3.28. The van der Waals surface area contributed by atoms with Crippen LogP contribution in [0.15, 0.2) is 71.7 Å². The third kappa shape index (κ3) is 2.88. The Bertz CT molecular complexity index is 1190. The van der Waals surface area contributed by atoms with Crippen molar-refractivity contribution in [2.24, 2.45) is 0 Å². The summed E-state index contributed by atoms with van der Waals surface area (Å²) in [5.41, 5.74) is 4.55. The molecule has 0 N–H and O–H groups in total. The van der Waals surface area contributed by atoms with Gasteiger partial charge in [-0.05, 0) is 57.4 Å². The van der Waals surface area contributed by atoms with Crippen molar-refractivity contribution in [2.45, 2.75) is 19.0 Å². The molecule has 1 amide bonds. The maximum absolute atomic E-state index is 13.2. The molecule has 7 heteroatoms. The van der Waals surface area contributed by atoms with Crippen molar-refractivity contribution < 1.29 is 4.79 Å². The smallest absolute Gasteiger partial charge is 0.255 e. The molecule has 1 aromatic carbocycles. The highest BCUT2D eigenvalue weighted by Crippen LogP contribution is 2.37. The predicted molar refractivity (Wildman–Crippen MR) is 108 cm³/mol. The molecule has 138 valence electrons. The molecule has 1 aliphatic rings. The molecule has 6 nitrogen and oxygen atoms in total. The number of aromatic nitrogens is 4. The molecule has 4 heterocycles. The molecule has 3 aromatic heterocycles. The highest BCUT2D eigenvalue weighted by molar-refractivity contribution is 9.10. The number of benzene rings is 1. The number of hydrogen-bond donors (Lipinski definition) is 0. The summed E-state index contributed by atoms with van der Waals surface area (Å²) < 4.78 is 2.81. The van der Waals surface area contributed by atoms with Gasteiger partial charge in [0.2, 0.25) is 0 Å². The van der Waals surface area contributed by atoms with Gasteiger partial charge < -0.3 is 4.90 Å². The molecule has 0 saturated heterocycles. The minimum absolute atomic E-state index is 0.0500. The molecule has 5 rings (SSSR count). The monoisotopic (exact) mass is 433 g/mol. The number of fused-ring (bicyclic) bond motifs is 2. The molecule has 0 spiro atoms. The van der Waals surface area contributed by atoms with E-state index in [4.69, 9.17) is 0 Å². The zero-order chi connectivity index (χ0) is 19.1. The topological polar surface area (TPSA) is 63.4 Å². The second-order valence-electron chi connectivity index (χ2n) is 6.80. The summed E-state index contributed by atoms with van der Waals surface area (Å²) in [5.74, 6) is 0.0500. The summed E-state index contributed by atoms with van der Waals surface area (Å²) in [7, 11) is 0. The highest BCUT2D eigenvalue weighted by atomic mass is 79.9. The molecule has 0 fully saturated rings. The average molecular weight is 434 g/mol. The minimum atomic E-state index is -0.0657. The predicted octanol–water partition coefficient (Wildman–Crippen LogP) is 3.83. The molecule has 0 bridgehead atoms. The molecule has 1 atom stereocenters. The van der Waals surface area contributed by atoms with Crippen LogP contribution in [0.2, 0.25) is 0 Å². The lowest BCUT2D eigenvalue weighted by molar-refractivity contribution is 0.0708. The number of halogens is 1. The van der Waals surface area contributed by atoms with E-state index in [0.717, 1.165) is 32.5 Å². The summed E-state index contributed by atoms with van der Waals surface area (Å²) in [6.45, 7) is 0.506. The van der Waals surface area contributed by atoms with E-state index in [-0.39, 0.29) is 11.9 Å². The number of nitrogens with zero attached hydrogens (tertiary/aromatic N) is 5. The Morgan fingerprint density at radius 3 is 2.89 bits per heavy atom. The van der Waals surface area contributed by atoms with Crippen LogP contribution in [0.1, 0.15) is 33.2 Å². The van der Waals surface area contributed by atoms with Gasteiger partial charge in [-0.1, -0.05) is 18.2 Å². The van der Waals surface area contributed by atoms with Gasteiger partial charge in [-0.15, -0.1) is 10.2 Å². The van der Waals surface area contributed by atoms with Gasteiger partial charge in [0.05, 0.1) is 11.7 Å². The molecule has 0 radical (unpaired) electrons. The Morgan fingerprint density at radius 2 is 2.00 bits per heavy atom. The van der Waals surface area contributed by atoms with Crippen LogP contribution in [0, 0.1) is 0 Å². The maximum Gasteiger partial charge on any atom is 0.255 e. The van der Waals surface area contributed by atoms with E-state index in [1.807, 2.05) is 64.0 Å². The van der Waals surface area contributed by atoms with Gasteiger partial charge in [0.15, 0.2) is 5.65 Å². The first-order valence-electron chi connectivity index (χ1n) is 8.98. The van der Waals surface area contributed by atoms with Gasteiger partial charge in [0.1, 0.15) is 6.33 Å². The lowest BCUT2D eigenvalue weighted by Gasteiger charge is -2.25. The van der Waals surface area contributed by atoms with Crippen LogP contribution in [0.3, 0.4) is 0 Å². The van der Waals surface area contributed by atoms with Gasteiger partial charge >= 0.3 is 0 Å². The minimum Gasteiger partial charge on any atom is -0.327 e. The van der Waals surface area contributed by atoms with Crippen molar-refractivity contribution >= 4 is 27.5 Å². The van der Waals surface area contributed by atoms with Crippen molar-refractivity contribution in [1.29, 1.82) is 0 Å². The number of rotatable bonds is 4. The lowest BCUT2D eigenvalue weighted by atomic mass is 10.0. The van der Waals surface area contributed by atoms with Crippen LogP contribution in [0.25, 0.3) is 5.65 Å². The molecule has 0 saturated carbocycles. The number of amides is 1. The van der Waals surface area contributed by atoms with E-state index in [0.29, 0.717) is 13.0 Å². The van der Waals surface area contributed by atoms with Crippen LogP contribution < -0.4 is 0 Å². The van der Waals surface area contributed by atoms with Crippen LogP contribution in [0.5, 0.6) is 0 Å². The summed E-state index contributed by atoms with van der Waals surface area (Å²) in [4.78, 5) is 19.6. The number of carbonyl (C=O) groups excluding carboxylic acids is 1. The highest BCUT2D eigenvalue weighted by Gasteiger charge is 2.36. The molecule has 28 heavy (non-hydrogen) atoms. The largest absolute Gasteiger partial charge is 0.327 e. The van der Waals surface area contributed by atoms with Crippen molar-refractivity contribution in [1.82, 2.24) is 24.5 Å². The van der Waals surface area contributed by atoms with Crippen molar-refractivity contribution in [3.05, 3.63) is 94.1 Å². The first kappa shape index (κ1) is 17.1. The number of hydrogen-bond acceptors (Lipinski definition) is 4. The van der Waals surface area contributed by atoms with E-state index in [1.165, 1.54) is 0 Å². The Labute approximate surface area is 170 Å². The summed E-state index contributed by atoms with van der Waals surface area (Å²) >= 11 is 3.58. The fraction of sp³-hybridized carbons (Fsp3) is 0.143. The molecule has 0 aliphatic carbocycles. The maximum atomic E-state index is 13.2. The third-order valence-corrected chi connectivity index (χ3v) is 5.85. The van der Waals surface area contributed by atoms with Gasteiger partial charge in [-0.3, -0.25) is 14.2 Å². The Morgan fingerprint density at radius 1 is 1.11 bits per heavy atom. The van der Waals surface area contributed by atoms with E-state index >= 15 is 0 Å². The second-order valence-corrected chi connectivity index (χ2v) is 7.66. The van der Waals surface area contributed by atoms with Gasteiger partial charge in [0.25, 0.3) is 5.91 Å². The first-order chi connectivity index (χ1) is 13.7. The van der Waals surface area contributed by atoms with Crippen molar-refractivity contribution in [3.8, 4) is 0 Å². The Kier molecular flexibility index (Phi) is 4.16. The SMILES string of the molecule is O=C1c2ccccc2C(Cc2ncccc2Br)N1Cc1ccn2cnnc2c1. The fourth-order valence-corrected chi connectivity index (χ4v) is 4.17. The van der Waals surface area contributed by atoms with Crippen molar-refractivity contribution in [2.75, 3.05) is 0 Å². The number of pyridine rings is 2. The zero-order valence-corrected chi connectivity index (χ0v) is 16.5. The molecule has 4 aromatic rings. The molecule has 1 unspecified atom stereocenters. The lowest BCUT2D eigenvalue weighted by Crippen LogP contribution is -2.29. The van der Waals surface area contributed by atoms with Crippen LogP contribution >= 0.6 is 15.9 Å². The fourth-order valence-electron chi connectivity index (χ4n) is 3.76. The standard InChI is InChI=1S/C21H16BrN5O/c22-17-6-3-8-23-18(17)11-19-15-4-1-2-5-16(15)21(28)27(19)12-14-7-9-26-13-24-25-20(26)10-14/h1-10,13,19H,11-12H2. The Balaban J connectivity index is 1.52. The van der Waals surface area contributed by atoms with Crippen LogP contribution in [-0.2, 0) is 13.0 Å². The van der Waals surface area contributed by atoms with E-state index < -0.39 is 0 Å². The van der Waals surface area contributed by atoms with Crippen LogP contribution in [0.4, 0.5) is 0 Å². The number of carbonyl (C=O) groups is 1.